The number of rotatable bonds is 2. The molecule has 0 spiro atoms. The number of aryl methyl sites for hydroxylation is 2. The Hall–Kier alpha value is -2.56. The quantitative estimate of drug-likeness (QED) is 0.735. The minimum Gasteiger partial charge on any atom is -0.496 e. The Kier molecular flexibility index (Phi) is 3.05. The molecule has 3 rings (SSSR count). The van der Waals surface area contributed by atoms with Gasteiger partial charge >= 0.3 is 0 Å². The number of nitrogens with one attached hydrogen (secondary N) is 1. The maximum atomic E-state index is 11.7. The summed E-state index contributed by atoms with van der Waals surface area (Å²) in [7, 11) is 3.20. The highest BCUT2D eigenvalue weighted by Gasteiger charge is 2.15. The number of nitrogens with zero attached hydrogens (tertiary/aromatic N) is 1. The normalized spacial score (nSPS) is 11.0. The Balaban J connectivity index is 2.61. The van der Waals surface area contributed by atoms with E-state index in [1.54, 1.807) is 20.3 Å². The number of hydrogen-bond acceptors (Lipinski definition) is 4. The van der Waals surface area contributed by atoms with Crippen molar-refractivity contribution in [3.8, 4) is 11.5 Å². The number of ether oxygens (including phenoxy) is 2. The summed E-state index contributed by atoms with van der Waals surface area (Å²) in [5.74, 6) is 1.30. The molecule has 108 valence electrons. The van der Waals surface area contributed by atoms with Crippen molar-refractivity contribution in [2.24, 2.45) is 0 Å². The molecular weight excluding hydrogens is 268 g/mol. The first-order valence-corrected chi connectivity index (χ1v) is 6.61. The molecule has 1 aromatic carbocycles. The van der Waals surface area contributed by atoms with Crippen LogP contribution in [0.15, 0.2) is 23.0 Å². The molecule has 0 amide bonds. The molecule has 5 nitrogen and oxygen atoms in total. The summed E-state index contributed by atoms with van der Waals surface area (Å²) in [5, 5.41) is 1.78. The van der Waals surface area contributed by atoms with Gasteiger partial charge in [-0.1, -0.05) is 0 Å². The van der Waals surface area contributed by atoms with Gasteiger partial charge in [0, 0.05) is 28.6 Å². The van der Waals surface area contributed by atoms with Crippen molar-refractivity contribution in [3.63, 3.8) is 0 Å². The summed E-state index contributed by atoms with van der Waals surface area (Å²) in [6, 6.07) is 5.43. The van der Waals surface area contributed by atoms with E-state index in [0.717, 1.165) is 27.8 Å². The van der Waals surface area contributed by atoms with E-state index in [1.807, 2.05) is 26.0 Å². The van der Waals surface area contributed by atoms with E-state index >= 15 is 0 Å². The highest BCUT2D eigenvalue weighted by atomic mass is 16.5. The van der Waals surface area contributed by atoms with E-state index < -0.39 is 0 Å². The number of H-pyrrole nitrogens is 1. The van der Waals surface area contributed by atoms with E-state index in [4.69, 9.17) is 9.47 Å². The first-order valence-electron chi connectivity index (χ1n) is 6.61. The number of methoxy groups -OCH3 is 2. The van der Waals surface area contributed by atoms with Gasteiger partial charge in [0.2, 0.25) is 5.56 Å². The smallest absolute Gasteiger partial charge is 0.248 e. The van der Waals surface area contributed by atoms with Gasteiger partial charge in [-0.3, -0.25) is 4.79 Å². The van der Waals surface area contributed by atoms with Crippen LogP contribution in [0.1, 0.15) is 11.3 Å². The van der Waals surface area contributed by atoms with E-state index in [2.05, 4.69) is 9.97 Å². The Morgan fingerprint density at radius 3 is 2.48 bits per heavy atom. The van der Waals surface area contributed by atoms with Gasteiger partial charge in [0.25, 0.3) is 0 Å². The molecule has 0 fully saturated rings. The number of pyridine rings is 2. The Morgan fingerprint density at radius 1 is 1.05 bits per heavy atom. The summed E-state index contributed by atoms with van der Waals surface area (Å²) in [6.45, 7) is 3.79. The van der Waals surface area contributed by atoms with Crippen molar-refractivity contribution in [2.45, 2.75) is 13.8 Å². The van der Waals surface area contributed by atoms with Crippen LogP contribution in [-0.4, -0.2) is 24.2 Å². The van der Waals surface area contributed by atoms with Crippen LogP contribution in [0.5, 0.6) is 11.5 Å². The lowest BCUT2D eigenvalue weighted by Gasteiger charge is -2.13. The summed E-state index contributed by atoms with van der Waals surface area (Å²) < 4.78 is 11.0. The van der Waals surface area contributed by atoms with Gasteiger partial charge in [-0.15, -0.1) is 0 Å². The van der Waals surface area contributed by atoms with Crippen molar-refractivity contribution >= 4 is 21.8 Å². The first-order chi connectivity index (χ1) is 10.0. The third-order valence-corrected chi connectivity index (χ3v) is 3.59. The molecule has 0 saturated heterocycles. The highest BCUT2D eigenvalue weighted by Crippen LogP contribution is 2.37. The van der Waals surface area contributed by atoms with Gasteiger partial charge in [0.1, 0.15) is 11.3 Å². The standard InChI is InChI=1S/C16H16N2O3/c1-8-5-13(19)18-14-10(8)7-11-12(20-3)6-9(2)17-15(11)16(14)21-4/h5-7H,1-4H3,(H,18,19). The van der Waals surface area contributed by atoms with Crippen molar-refractivity contribution in [1.82, 2.24) is 9.97 Å². The monoisotopic (exact) mass is 284 g/mol. The van der Waals surface area contributed by atoms with E-state index in [1.165, 1.54) is 0 Å². The van der Waals surface area contributed by atoms with Crippen LogP contribution in [0, 0.1) is 13.8 Å². The summed E-state index contributed by atoms with van der Waals surface area (Å²) in [6.07, 6.45) is 0. The summed E-state index contributed by atoms with van der Waals surface area (Å²) in [4.78, 5) is 19.1. The Labute approximate surface area is 121 Å². The Morgan fingerprint density at radius 2 is 1.81 bits per heavy atom. The lowest BCUT2D eigenvalue weighted by atomic mass is 10.0. The largest absolute Gasteiger partial charge is 0.496 e. The molecule has 1 N–H and O–H groups in total. The SMILES string of the molecule is COc1cc(C)nc2c(OC)c3[nH]c(=O)cc(C)c3cc12. The summed E-state index contributed by atoms with van der Waals surface area (Å²) >= 11 is 0. The molecule has 3 aromatic rings. The van der Waals surface area contributed by atoms with Crippen molar-refractivity contribution in [1.29, 1.82) is 0 Å². The number of aromatic nitrogens is 2. The number of fused-ring (bicyclic) bond motifs is 2. The number of hydrogen-bond donors (Lipinski definition) is 1. The van der Waals surface area contributed by atoms with Gasteiger partial charge in [0.05, 0.1) is 19.7 Å². The molecule has 0 aliphatic rings. The molecule has 0 aliphatic heterocycles. The predicted octanol–water partition coefficient (Wildman–Crippen LogP) is 2.71. The van der Waals surface area contributed by atoms with Crippen LogP contribution in [0.4, 0.5) is 0 Å². The lowest BCUT2D eigenvalue weighted by Crippen LogP contribution is -2.06. The van der Waals surface area contributed by atoms with Crippen LogP contribution in [0.2, 0.25) is 0 Å². The minimum atomic E-state index is -0.155. The molecule has 2 aromatic heterocycles. The third kappa shape index (κ3) is 2.01. The third-order valence-electron chi connectivity index (χ3n) is 3.59. The van der Waals surface area contributed by atoms with E-state index in [0.29, 0.717) is 16.8 Å². The Bertz CT molecular complexity index is 913. The average Bonchev–Trinajstić information content (AvgIpc) is 2.44. The molecule has 0 unspecified atom stereocenters. The van der Waals surface area contributed by atoms with Crippen molar-refractivity contribution in [2.75, 3.05) is 14.2 Å². The van der Waals surface area contributed by atoms with Crippen molar-refractivity contribution < 1.29 is 9.47 Å². The molecule has 21 heavy (non-hydrogen) atoms. The topological polar surface area (TPSA) is 64.2 Å². The lowest BCUT2D eigenvalue weighted by molar-refractivity contribution is 0.415. The average molecular weight is 284 g/mol. The second kappa shape index (κ2) is 4.77. The molecule has 0 saturated carbocycles. The first kappa shape index (κ1) is 13.4. The van der Waals surface area contributed by atoms with Gasteiger partial charge in [-0.2, -0.15) is 0 Å². The predicted molar refractivity (Wildman–Crippen MR) is 82.4 cm³/mol. The fourth-order valence-corrected chi connectivity index (χ4v) is 2.66. The molecule has 0 aliphatic carbocycles. The minimum absolute atomic E-state index is 0.155. The van der Waals surface area contributed by atoms with E-state index in [-0.39, 0.29) is 5.56 Å². The summed E-state index contributed by atoms with van der Waals surface area (Å²) in [5.41, 5.74) is 2.90. The maximum absolute atomic E-state index is 11.7. The fraction of sp³-hybridized carbons (Fsp3) is 0.250. The molecule has 0 bridgehead atoms. The van der Waals surface area contributed by atoms with Crippen LogP contribution in [0.3, 0.4) is 0 Å². The van der Waals surface area contributed by atoms with Gasteiger partial charge in [0.15, 0.2) is 5.75 Å². The van der Waals surface area contributed by atoms with Crippen LogP contribution >= 0.6 is 0 Å². The van der Waals surface area contributed by atoms with Crippen LogP contribution in [-0.2, 0) is 0 Å². The number of aromatic amines is 1. The van der Waals surface area contributed by atoms with Gasteiger partial charge < -0.3 is 14.5 Å². The zero-order valence-corrected chi connectivity index (χ0v) is 12.4. The zero-order valence-electron chi connectivity index (χ0n) is 12.4. The maximum Gasteiger partial charge on any atom is 0.248 e. The highest BCUT2D eigenvalue weighted by molar-refractivity contribution is 6.05. The van der Waals surface area contributed by atoms with E-state index in [9.17, 15) is 4.79 Å². The van der Waals surface area contributed by atoms with Crippen LogP contribution < -0.4 is 15.0 Å². The van der Waals surface area contributed by atoms with Gasteiger partial charge in [-0.25, -0.2) is 4.98 Å². The molecule has 5 heteroatoms. The van der Waals surface area contributed by atoms with Gasteiger partial charge in [-0.05, 0) is 25.5 Å². The molecule has 0 atom stereocenters. The van der Waals surface area contributed by atoms with Crippen LogP contribution in [0.25, 0.3) is 21.8 Å². The fourth-order valence-electron chi connectivity index (χ4n) is 2.66. The second-order valence-corrected chi connectivity index (χ2v) is 5.01. The molecular formula is C16H16N2O3. The molecule has 2 heterocycles. The molecule has 0 radical (unpaired) electrons. The number of benzene rings is 1. The zero-order chi connectivity index (χ0) is 15.1. The van der Waals surface area contributed by atoms with Crippen molar-refractivity contribution in [3.05, 3.63) is 39.8 Å². The second-order valence-electron chi connectivity index (χ2n) is 5.01.